The van der Waals surface area contributed by atoms with Gasteiger partial charge in [0.2, 0.25) is 0 Å². The SMILES string of the molecule is Cc1nc(Nc2ccc(Br)cc2)cc(C(=O)N2CCCC2)n1. The molecule has 0 spiro atoms. The van der Waals surface area contributed by atoms with Crippen LogP contribution >= 0.6 is 15.9 Å². The second kappa shape index (κ2) is 6.44. The minimum atomic E-state index is -0.0122. The summed E-state index contributed by atoms with van der Waals surface area (Å²) in [6, 6.07) is 9.52. The van der Waals surface area contributed by atoms with Gasteiger partial charge in [-0.2, -0.15) is 0 Å². The molecule has 0 saturated carbocycles. The number of anilines is 2. The number of benzene rings is 1. The fourth-order valence-electron chi connectivity index (χ4n) is 2.50. The number of likely N-dealkylation sites (tertiary alicyclic amines) is 1. The molecule has 1 amide bonds. The van der Waals surface area contributed by atoms with Gasteiger partial charge in [-0.1, -0.05) is 15.9 Å². The number of amides is 1. The van der Waals surface area contributed by atoms with Crippen molar-refractivity contribution < 1.29 is 4.79 Å². The first-order valence-corrected chi connectivity index (χ1v) is 8.09. The highest BCUT2D eigenvalue weighted by atomic mass is 79.9. The van der Waals surface area contributed by atoms with Gasteiger partial charge >= 0.3 is 0 Å². The van der Waals surface area contributed by atoms with E-state index in [1.165, 1.54) is 0 Å². The summed E-state index contributed by atoms with van der Waals surface area (Å²) in [5.74, 6) is 1.21. The molecular formula is C16H17BrN4O. The van der Waals surface area contributed by atoms with Gasteiger partial charge in [-0.15, -0.1) is 0 Å². The van der Waals surface area contributed by atoms with Crippen LogP contribution in [0.2, 0.25) is 0 Å². The van der Waals surface area contributed by atoms with Crippen molar-refractivity contribution in [2.24, 2.45) is 0 Å². The molecule has 0 aliphatic carbocycles. The molecule has 2 aromatic rings. The van der Waals surface area contributed by atoms with Crippen LogP contribution in [0.1, 0.15) is 29.2 Å². The lowest BCUT2D eigenvalue weighted by molar-refractivity contribution is 0.0786. The minimum absolute atomic E-state index is 0.0122. The van der Waals surface area contributed by atoms with Gasteiger partial charge < -0.3 is 10.2 Å². The van der Waals surface area contributed by atoms with Gasteiger partial charge in [-0.25, -0.2) is 9.97 Å². The average molecular weight is 361 g/mol. The fraction of sp³-hybridized carbons (Fsp3) is 0.312. The van der Waals surface area contributed by atoms with Crippen molar-refractivity contribution >= 4 is 33.3 Å². The van der Waals surface area contributed by atoms with Gasteiger partial charge in [0.25, 0.3) is 5.91 Å². The highest BCUT2D eigenvalue weighted by Crippen LogP contribution is 2.19. The van der Waals surface area contributed by atoms with Gasteiger partial charge in [0.05, 0.1) is 0 Å². The Balaban J connectivity index is 1.82. The van der Waals surface area contributed by atoms with Gasteiger partial charge in [0, 0.05) is 29.3 Å². The van der Waals surface area contributed by atoms with E-state index in [0.717, 1.165) is 36.1 Å². The lowest BCUT2D eigenvalue weighted by Crippen LogP contribution is -2.28. The quantitative estimate of drug-likeness (QED) is 0.909. The van der Waals surface area contributed by atoms with Crippen LogP contribution in [-0.4, -0.2) is 33.9 Å². The zero-order valence-electron chi connectivity index (χ0n) is 12.3. The zero-order chi connectivity index (χ0) is 15.5. The van der Waals surface area contributed by atoms with Crippen LogP contribution in [0.3, 0.4) is 0 Å². The Labute approximate surface area is 137 Å². The van der Waals surface area contributed by atoms with Crippen LogP contribution in [0, 0.1) is 6.92 Å². The summed E-state index contributed by atoms with van der Waals surface area (Å²) in [5, 5.41) is 3.22. The molecule has 0 radical (unpaired) electrons. The summed E-state index contributed by atoms with van der Waals surface area (Å²) in [6.45, 7) is 3.43. The molecule has 1 aromatic heterocycles. The molecule has 1 fully saturated rings. The smallest absolute Gasteiger partial charge is 0.272 e. The van der Waals surface area contributed by atoms with E-state index in [9.17, 15) is 4.79 Å². The standard InChI is InChI=1S/C16H17BrN4O/c1-11-18-14(16(22)21-8-2-3-9-21)10-15(19-11)20-13-6-4-12(17)5-7-13/h4-7,10H,2-3,8-9H2,1H3,(H,18,19,20). The van der Waals surface area contributed by atoms with Crippen molar-refractivity contribution in [2.45, 2.75) is 19.8 Å². The van der Waals surface area contributed by atoms with E-state index in [0.29, 0.717) is 17.3 Å². The van der Waals surface area contributed by atoms with E-state index in [2.05, 4.69) is 31.2 Å². The summed E-state index contributed by atoms with van der Waals surface area (Å²) in [5.41, 5.74) is 1.37. The highest BCUT2D eigenvalue weighted by Gasteiger charge is 2.21. The number of hydrogen-bond acceptors (Lipinski definition) is 4. The van der Waals surface area contributed by atoms with Crippen LogP contribution in [0.4, 0.5) is 11.5 Å². The van der Waals surface area contributed by atoms with Gasteiger partial charge in [0.15, 0.2) is 0 Å². The third-order valence-electron chi connectivity index (χ3n) is 3.57. The van der Waals surface area contributed by atoms with Crippen LogP contribution in [0.15, 0.2) is 34.8 Å². The summed E-state index contributed by atoms with van der Waals surface area (Å²) < 4.78 is 1.02. The fourth-order valence-corrected chi connectivity index (χ4v) is 2.77. The molecule has 1 N–H and O–H groups in total. The van der Waals surface area contributed by atoms with Crippen LogP contribution < -0.4 is 5.32 Å². The van der Waals surface area contributed by atoms with E-state index in [1.807, 2.05) is 29.2 Å². The number of nitrogens with one attached hydrogen (secondary N) is 1. The molecule has 0 atom stereocenters. The largest absolute Gasteiger partial charge is 0.340 e. The average Bonchev–Trinajstić information content (AvgIpc) is 3.02. The minimum Gasteiger partial charge on any atom is -0.340 e. The third kappa shape index (κ3) is 3.44. The van der Waals surface area contributed by atoms with Crippen molar-refractivity contribution in [1.29, 1.82) is 0 Å². The molecule has 0 bridgehead atoms. The summed E-state index contributed by atoms with van der Waals surface area (Å²) in [6.07, 6.45) is 2.14. The summed E-state index contributed by atoms with van der Waals surface area (Å²) in [4.78, 5) is 22.9. The summed E-state index contributed by atoms with van der Waals surface area (Å²) >= 11 is 3.41. The molecule has 5 nitrogen and oxygen atoms in total. The van der Waals surface area contributed by atoms with Crippen molar-refractivity contribution in [3.8, 4) is 0 Å². The van der Waals surface area contributed by atoms with Crippen molar-refractivity contribution in [3.63, 3.8) is 0 Å². The molecule has 1 aromatic carbocycles. The summed E-state index contributed by atoms with van der Waals surface area (Å²) in [7, 11) is 0. The predicted octanol–water partition coefficient (Wildman–Crippen LogP) is 3.53. The molecule has 6 heteroatoms. The Bertz CT molecular complexity index is 681. The van der Waals surface area contributed by atoms with Crippen LogP contribution in [0.5, 0.6) is 0 Å². The Morgan fingerprint density at radius 2 is 1.86 bits per heavy atom. The first-order valence-electron chi connectivity index (χ1n) is 7.29. The molecule has 114 valence electrons. The molecule has 1 aliphatic rings. The van der Waals surface area contributed by atoms with E-state index >= 15 is 0 Å². The maximum Gasteiger partial charge on any atom is 0.272 e. The number of hydrogen-bond donors (Lipinski definition) is 1. The number of nitrogens with zero attached hydrogens (tertiary/aromatic N) is 3. The number of halogens is 1. The first kappa shape index (κ1) is 15.0. The topological polar surface area (TPSA) is 58.1 Å². The van der Waals surface area contributed by atoms with Crippen molar-refractivity contribution in [1.82, 2.24) is 14.9 Å². The Morgan fingerprint density at radius 3 is 2.55 bits per heavy atom. The molecule has 22 heavy (non-hydrogen) atoms. The van der Waals surface area contributed by atoms with Gasteiger partial charge in [-0.3, -0.25) is 4.79 Å². The van der Waals surface area contributed by atoms with E-state index in [1.54, 1.807) is 13.0 Å². The van der Waals surface area contributed by atoms with Gasteiger partial charge in [-0.05, 0) is 44.0 Å². The highest BCUT2D eigenvalue weighted by molar-refractivity contribution is 9.10. The normalized spacial score (nSPS) is 14.2. The Hall–Kier alpha value is -1.95. The number of carbonyl (C=O) groups is 1. The van der Waals surface area contributed by atoms with E-state index in [-0.39, 0.29) is 5.91 Å². The van der Waals surface area contributed by atoms with Crippen molar-refractivity contribution in [2.75, 3.05) is 18.4 Å². The van der Waals surface area contributed by atoms with Crippen LogP contribution in [0.25, 0.3) is 0 Å². The van der Waals surface area contributed by atoms with Crippen LogP contribution in [-0.2, 0) is 0 Å². The number of carbonyl (C=O) groups excluding carboxylic acids is 1. The second-order valence-corrected chi connectivity index (χ2v) is 6.23. The van der Waals surface area contributed by atoms with Gasteiger partial charge in [0.1, 0.15) is 17.3 Å². The number of aryl methyl sites for hydroxylation is 1. The maximum absolute atomic E-state index is 12.5. The lowest BCUT2D eigenvalue weighted by Gasteiger charge is -2.15. The van der Waals surface area contributed by atoms with E-state index in [4.69, 9.17) is 0 Å². The van der Waals surface area contributed by atoms with Crippen molar-refractivity contribution in [3.05, 3.63) is 46.3 Å². The zero-order valence-corrected chi connectivity index (χ0v) is 13.9. The molecular weight excluding hydrogens is 344 g/mol. The number of aromatic nitrogens is 2. The molecule has 1 aliphatic heterocycles. The lowest BCUT2D eigenvalue weighted by atomic mass is 10.3. The molecule has 1 saturated heterocycles. The molecule has 3 rings (SSSR count). The molecule has 2 heterocycles. The number of rotatable bonds is 3. The van der Waals surface area contributed by atoms with E-state index < -0.39 is 0 Å². The predicted molar refractivity (Wildman–Crippen MR) is 89.3 cm³/mol. The Morgan fingerprint density at radius 1 is 1.18 bits per heavy atom. The Kier molecular flexibility index (Phi) is 4.38. The maximum atomic E-state index is 12.5. The second-order valence-electron chi connectivity index (χ2n) is 5.32. The first-order chi connectivity index (χ1) is 10.6. The molecule has 0 unspecified atom stereocenters. The third-order valence-corrected chi connectivity index (χ3v) is 4.10. The monoisotopic (exact) mass is 360 g/mol.